The van der Waals surface area contributed by atoms with Crippen molar-refractivity contribution in [1.82, 2.24) is 15.1 Å². The maximum absolute atomic E-state index is 10.8. The standard InChI is InChI=1S/C10H12N4O3S/c1-5-8(9(15)16)18-10(12-5)11-4-3-7-13-6(2)17-14-7/h3-4H2,1-2H3,(H,11,12)(H,15,16). The highest BCUT2D eigenvalue weighted by Gasteiger charge is 2.13. The summed E-state index contributed by atoms with van der Waals surface area (Å²) >= 11 is 1.12. The summed E-state index contributed by atoms with van der Waals surface area (Å²) in [7, 11) is 0. The zero-order valence-corrected chi connectivity index (χ0v) is 10.7. The van der Waals surface area contributed by atoms with Crippen LogP contribution in [0, 0.1) is 13.8 Å². The van der Waals surface area contributed by atoms with E-state index in [2.05, 4.69) is 20.4 Å². The van der Waals surface area contributed by atoms with Crippen molar-refractivity contribution < 1.29 is 14.4 Å². The summed E-state index contributed by atoms with van der Waals surface area (Å²) in [5.74, 6) is 0.196. The highest BCUT2D eigenvalue weighted by Crippen LogP contribution is 2.22. The Morgan fingerprint density at radius 2 is 2.22 bits per heavy atom. The summed E-state index contributed by atoms with van der Waals surface area (Å²) in [6.07, 6.45) is 0.596. The van der Waals surface area contributed by atoms with Crippen molar-refractivity contribution in [1.29, 1.82) is 0 Å². The molecule has 2 heterocycles. The minimum Gasteiger partial charge on any atom is -0.477 e. The molecule has 0 saturated carbocycles. The number of aryl methyl sites for hydroxylation is 2. The zero-order chi connectivity index (χ0) is 13.1. The Labute approximate surface area is 107 Å². The first kappa shape index (κ1) is 12.5. The molecular formula is C10H12N4O3S. The Morgan fingerprint density at radius 3 is 2.78 bits per heavy atom. The molecule has 0 aliphatic heterocycles. The maximum Gasteiger partial charge on any atom is 0.347 e. The fraction of sp³-hybridized carbons (Fsp3) is 0.400. The van der Waals surface area contributed by atoms with Crippen molar-refractivity contribution in [2.24, 2.45) is 0 Å². The normalized spacial score (nSPS) is 10.6. The lowest BCUT2D eigenvalue weighted by atomic mass is 10.4. The molecule has 0 fully saturated rings. The van der Waals surface area contributed by atoms with Crippen LogP contribution < -0.4 is 5.32 Å². The average Bonchev–Trinajstić information content (AvgIpc) is 2.85. The number of carbonyl (C=O) groups is 1. The summed E-state index contributed by atoms with van der Waals surface area (Å²) in [5, 5.41) is 16.3. The highest BCUT2D eigenvalue weighted by molar-refractivity contribution is 7.17. The SMILES string of the molecule is Cc1nc(CCNc2nc(C)c(C(=O)O)s2)no1. The van der Waals surface area contributed by atoms with Crippen LogP contribution in [0.2, 0.25) is 0 Å². The van der Waals surface area contributed by atoms with Gasteiger partial charge in [0.25, 0.3) is 0 Å². The number of aromatic carboxylic acids is 1. The van der Waals surface area contributed by atoms with Crippen LogP contribution in [-0.4, -0.2) is 32.7 Å². The number of carboxylic acids is 1. The van der Waals surface area contributed by atoms with Crippen molar-refractivity contribution in [3.05, 3.63) is 22.3 Å². The van der Waals surface area contributed by atoms with E-state index in [-0.39, 0.29) is 4.88 Å². The molecule has 0 amide bonds. The number of hydrogen-bond acceptors (Lipinski definition) is 7. The number of carboxylic acid groups (broad SMARTS) is 1. The summed E-state index contributed by atoms with van der Waals surface area (Å²) < 4.78 is 4.84. The Morgan fingerprint density at radius 1 is 1.44 bits per heavy atom. The second-order valence-electron chi connectivity index (χ2n) is 3.65. The van der Waals surface area contributed by atoms with E-state index in [0.717, 1.165) is 11.3 Å². The van der Waals surface area contributed by atoms with E-state index in [1.165, 1.54) is 0 Å². The van der Waals surface area contributed by atoms with E-state index in [0.29, 0.717) is 35.5 Å². The van der Waals surface area contributed by atoms with Crippen molar-refractivity contribution in [3.63, 3.8) is 0 Å². The quantitative estimate of drug-likeness (QED) is 0.847. The molecule has 2 rings (SSSR count). The number of anilines is 1. The molecule has 18 heavy (non-hydrogen) atoms. The Balaban J connectivity index is 1.90. The van der Waals surface area contributed by atoms with Gasteiger partial charge in [-0.15, -0.1) is 0 Å². The van der Waals surface area contributed by atoms with E-state index in [4.69, 9.17) is 9.63 Å². The highest BCUT2D eigenvalue weighted by atomic mass is 32.1. The predicted octanol–water partition coefficient (Wildman–Crippen LogP) is 1.50. The van der Waals surface area contributed by atoms with Crippen LogP contribution in [0.3, 0.4) is 0 Å². The predicted molar refractivity (Wildman–Crippen MR) is 65.0 cm³/mol. The molecule has 0 aliphatic carbocycles. The molecule has 7 nitrogen and oxygen atoms in total. The second-order valence-corrected chi connectivity index (χ2v) is 4.64. The topological polar surface area (TPSA) is 101 Å². The summed E-state index contributed by atoms with van der Waals surface area (Å²) in [4.78, 5) is 19.3. The maximum atomic E-state index is 10.8. The number of aromatic nitrogens is 3. The smallest absolute Gasteiger partial charge is 0.347 e. The zero-order valence-electron chi connectivity index (χ0n) is 9.93. The molecule has 0 atom stereocenters. The van der Waals surface area contributed by atoms with Gasteiger partial charge in [0.1, 0.15) is 4.88 Å². The van der Waals surface area contributed by atoms with Gasteiger partial charge < -0.3 is 14.9 Å². The molecule has 0 aliphatic rings. The van der Waals surface area contributed by atoms with Gasteiger partial charge in [0, 0.05) is 19.9 Å². The van der Waals surface area contributed by atoms with Crippen molar-refractivity contribution in [3.8, 4) is 0 Å². The Bertz CT molecular complexity index is 563. The third-order valence-corrected chi connectivity index (χ3v) is 3.29. The first-order valence-corrected chi connectivity index (χ1v) is 6.11. The van der Waals surface area contributed by atoms with E-state index in [1.807, 2.05) is 0 Å². The monoisotopic (exact) mass is 268 g/mol. The summed E-state index contributed by atoms with van der Waals surface area (Å²) in [5.41, 5.74) is 0.519. The van der Waals surface area contributed by atoms with E-state index < -0.39 is 5.97 Å². The summed E-state index contributed by atoms with van der Waals surface area (Å²) in [6, 6.07) is 0. The van der Waals surface area contributed by atoms with Crippen LogP contribution in [0.4, 0.5) is 5.13 Å². The van der Waals surface area contributed by atoms with Gasteiger partial charge in [0.15, 0.2) is 11.0 Å². The van der Waals surface area contributed by atoms with Crippen LogP contribution in [0.15, 0.2) is 4.52 Å². The largest absolute Gasteiger partial charge is 0.477 e. The third-order valence-electron chi connectivity index (χ3n) is 2.19. The Kier molecular flexibility index (Phi) is 3.56. The van der Waals surface area contributed by atoms with Crippen LogP contribution >= 0.6 is 11.3 Å². The Hall–Kier alpha value is -1.96. The van der Waals surface area contributed by atoms with Gasteiger partial charge >= 0.3 is 5.97 Å². The molecule has 0 unspecified atom stereocenters. The van der Waals surface area contributed by atoms with E-state index >= 15 is 0 Å². The number of rotatable bonds is 5. The van der Waals surface area contributed by atoms with Gasteiger partial charge in [0.2, 0.25) is 5.89 Å². The molecule has 0 aromatic carbocycles. The lowest BCUT2D eigenvalue weighted by molar-refractivity contribution is 0.0701. The van der Waals surface area contributed by atoms with Gasteiger partial charge in [-0.3, -0.25) is 0 Å². The molecule has 0 spiro atoms. The molecule has 96 valence electrons. The lowest BCUT2D eigenvalue weighted by Gasteiger charge is -1.98. The molecule has 2 N–H and O–H groups in total. The molecule has 0 bridgehead atoms. The minimum atomic E-state index is -0.952. The average molecular weight is 268 g/mol. The van der Waals surface area contributed by atoms with Crippen LogP contribution in [0.25, 0.3) is 0 Å². The molecule has 0 saturated heterocycles. The molecule has 8 heteroatoms. The fourth-order valence-corrected chi connectivity index (χ4v) is 2.23. The first-order valence-electron chi connectivity index (χ1n) is 5.30. The van der Waals surface area contributed by atoms with Crippen LogP contribution in [-0.2, 0) is 6.42 Å². The van der Waals surface area contributed by atoms with Gasteiger partial charge in [-0.25, -0.2) is 9.78 Å². The second kappa shape index (κ2) is 5.13. The third kappa shape index (κ3) is 2.83. The van der Waals surface area contributed by atoms with Crippen LogP contribution in [0.1, 0.15) is 27.1 Å². The molecule has 2 aromatic heterocycles. The summed E-state index contributed by atoms with van der Waals surface area (Å²) in [6.45, 7) is 3.98. The van der Waals surface area contributed by atoms with Gasteiger partial charge in [-0.2, -0.15) is 4.98 Å². The van der Waals surface area contributed by atoms with E-state index in [1.54, 1.807) is 13.8 Å². The van der Waals surface area contributed by atoms with Crippen molar-refractivity contribution in [2.75, 3.05) is 11.9 Å². The first-order chi connectivity index (χ1) is 8.56. The number of nitrogens with zero attached hydrogens (tertiary/aromatic N) is 3. The van der Waals surface area contributed by atoms with Crippen molar-refractivity contribution >= 4 is 22.4 Å². The van der Waals surface area contributed by atoms with Gasteiger partial charge in [0.05, 0.1) is 5.69 Å². The number of nitrogens with one attached hydrogen (secondary N) is 1. The van der Waals surface area contributed by atoms with Gasteiger partial charge in [-0.05, 0) is 6.92 Å². The van der Waals surface area contributed by atoms with E-state index in [9.17, 15) is 4.79 Å². The fourth-order valence-electron chi connectivity index (χ4n) is 1.39. The molecule has 0 radical (unpaired) electrons. The lowest BCUT2D eigenvalue weighted by Crippen LogP contribution is -2.05. The van der Waals surface area contributed by atoms with Gasteiger partial charge in [-0.1, -0.05) is 16.5 Å². The molecule has 2 aromatic rings. The number of hydrogen-bond donors (Lipinski definition) is 2. The van der Waals surface area contributed by atoms with Crippen LogP contribution in [0.5, 0.6) is 0 Å². The molecular weight excluding hydrogens is 256 g/mol. The number of thiazole rings is 1. The minimum absolute atomic E-state index is 0.257. The van der Waals surface area contributed by atoms with Crippen molar-refractivity contribution in [2.45, 2.75) is 20.3 Å².